The number of allylic oxidation sites excluding steroid dienone is 2. The summed E-state index contributed by atoms with van der Waals surface area (Å²) in [6.45, 7) is 1.50. The van der Waals surface area contributed by atoms with Gasteiger partial charge in [-0.05, 0) is 67.6 Å². The number of rotatable bonds is 6. The topological polar surface area (TPSA) is 164 Å². The molecule has 1 aromatic carbocycles. The smallest absolute Gasteiger partial charge is 0.339 e. The third-order valence-corrected chi connectivity index (χ3v) is 8.21. The van der Waals surface area contributed by atoms with E-state index < -0.39 is 45.4 Å². The molecule has 4 rings (SSSR count). The first-order valence-electron chi connectivity index (χ1n) is 11.1. The molecule has 1 spiro atoms. The molecule has 2 unspecified atom stereocenters. The van der Waals surface area contributed by atoms with Crippen molar-refractivity contribution in [2.45, 2.75) is 51.0 Å². The van der Waals surface area contributed by atoms with E-state index in [4.69, 9.17) is 5.11 Å². The van der Waals surface area contributed by atoms with Crippen molar-refractivity contribution >= 4 is 23.3 Å². The van der Waals surface area contributed by atoms with Gasteiger partial charge in [-0.2, -0.15) is 0 Å². The van der Waals surface area contributed by atoms with Gasteiger partial charge >= 0.3 is 5.97 Å². The molecule has 9 nitrogen and oxygen atoms in total. The molecule has 0 heterocycles. The van der Waals surface area contributed by atoms with Gasteiger partial charge in [0.05, 0.1) is 12.2 Å². The number of carbonyl (C=O) groups excluding carboxylic acids is 2. The summed E-state index contributed by atoms with van der Waals surface area (Å²) in [4.78, 5) is 36.9. The van der Waals surface area contributed by atoms with Crippen molar-refractivity contribution in [3.05, 3.63) is 29.8 Å². The monoisotopic (exact) mass is 459 g/mol. The summed E-state index contributed by atoms with van der Waals surface area (Å²) < 4.78 is 0. The highest BCUT2D eigenvalue weighted by Crippen LogP contribution is 2.65. The minimum Gasteiger partial charge on any atom is -0.506 e. The number of ketones is 1. The first kappa shape index (κ1) is 23.3. The van der Waals surface area contributed by atoms with Crippen LogP contribution in [-0.2, 0) is 9.59 Å². The Morgan fingerprint density at radius 2 is 1.94 bits per heavy atom. The van der Waals surface area contributed by atoms with E-state index in [1.165, 1.54) is 6.08 Å². The summed E-state index contributed by atoms with van der Waals surface area (Å²) >= 11 is 0. The fourth-order valence-corrected chi connectivity index (χ4v) is 6.46. The van der Waals surface area contributed by atoms with Crippen molar-refractivity contribution in [2.24, 2.45) is 22.7 Å². The molecule has 2 fully saturated rings. The van der Waals surface area contributed by atoms with Crippen molar-refractivity contribution in [1.29, 1.82) is 0 Å². The molecule has 0 radical (unpaired) electrons. The lowest BCUT2D eigenvalue weighted by molar-refractivity contribution is -0.133. The number of hydrogen-bond donors (Lipinski definition) is 6. The second-order valence-electron chi connectivity index (χ2n) is 10.0. The molecule has 5 atom stereocenters. The van der Waals surface area contributed by atoms with Gasteiger partial charge in [-0.1, -0.05) is 13.0 Å². The normalized spacial score (nSPS) is 34.7. The zero-order valence-corrected chi connectivity index (χ0v) is 18.4. The molecule has 2 bridgehead atoms. The minimum absolute atomic E-state index is 0.0309. The summed E-state index contributed by atoms with van der Waals surface area (Å²) in [6, 6.07) is 2.10. The zero-order valence-electron chi connectivity index (χ0n) is 18.4. The summed E-state index contributed by atoms with van der Waals surface area (Å²) in [5, 5.41) is 52.3. The maximum atomic E-state index is 13.0. The van der Waals surface area contributed by atoms with Gasteiger partial charge in [0.15, 0.2) is 11.5 Å². The van der Waals surface area contributed by atoms with Crippen LogP contribution in [0.5, 0.6) is 11.5 Å². The number of phenolic OH excluding ortho intramolecular Hbond substituents is 1. The average Bonchev–Trinajstić information content (AvgIpc) is 2.98. The molecule has 1 amide bonds. The van der Waals surface area contributed by atoms with Gasteiger partial charge in [-0.25, -0.2) is 4.79 Å². The number of amides is 1. The van der Waals surface area contributed by atoms with Gasteiger partial charge in [0, 0.05) is 11.8 Å². The first-order valence-corrected chi connectivity index (χ1v) is 11.1. The molecule has 3 aliphatic carbocycles. The SMILES string of the molecule is C[C@@]1(CCC(=O)Nc2c(O)ccc(C(=O)O)c2O)C(=O)C=C[C@@]23CC(CCC21)[C@](O)(CO)C3. The number of aromatic carboxylic acids is 1. The number of phenols is 2. The molecule has 1 aromatic rings. The molecule has 178 valence electrons. The molecule has 0 saturated heterocycles. The number of carbonyl (C=O) groups is 3. The summed E-state index contributed by atoms with van der Waals surface area (Å²) in [5.41, 5.74) is -3.28. The summed E-state index contributed by atoms with van der Waals surface area (Å²) in [6.07, 6.45) is 5.98. The average molecular weight is 459 g/mol. The highest BCUT2D eigenvalue weighted by atomic mass is 16.4. The fourth-order valence-electron chi connectivity index (χ4n) is 6.46. The van der Waals surface area contributed by atoms with E-state index in [0.717, 1.165) is 12.1 Å². The van der Waals surface area contributed by atoms with Gasteiger partial charge in [-0.15, -0.1) is 0 Å². The second kappa shape index (κ2) is 7.85. The van der Waals surface area contributed by atoms with Crippen molar-refractivity contribution < 1.29 is 39.9 Å². The number of aromatic hydroxyl groups is 2. The largest absolute Gasteiger partial charge is 0.506 e. The third kappa shape index (κ3) is 3.59. The van der Waals surface area contributed by atoms with Crippen molar-refractivity contribution in [3.8, 4) is 11.5 Å². The van der Waals surface area contributed by atoms with E-state index in [1.54, 1.807) is 0 Å². The Hall–Kier alpha value is -2.91. The quantitative estimate of drug-likeness (QED) is 0.352. The Morgan fingerprint density at radius 1 is 1.21 bits per heavy atom. The lowest BCUT2D eigenvalue weighted by Gasteiger charge is -2.50. The number of carboxylic acids is 1. The second-order valence-corrected chi connectivity index (χ2v) is 10.0. The van der Waals surface area contributed by atoms with E-state index in [-0.39, 0.29) is 42.8 Å². The van der Waals surface area contributed by atoms with Gasteiger partial charge in [-0.3, -0.25) is 9.59 Å². The lowest BCUT2D eigenvalue weighted by atomic mass is 9.52. The van der Waals surface area contributed by atoms with Crippen LogP contribution in [0, 0.1) is 22.7 Å². The molecule has 0 aromatic heterocycles. The number of fused-ring (bicyclic) bond motifs is 1. The Bertz CT molecular complexity index is 1050. The van der Waals surface area contributed by atoms with Gasteiger partial charge < -0.3 is 30.8 Å². The van der Waals surface area contributed by atoms with Crippen LogP contribution in [0.4, 0.5) is 5.69 Å². The first-order chi connectivity index (χ1) is 15.5. The molecule has 0 aliphatic heterocycles. The van der Waals surface area contributed by atoms with Crippen LogP contribution >= 0.6 is 0 Å². The van der Waals surface area contributed by atoms with E-state index in [2.05, 4.69) is 5.32 Å². The Morgan fingerprint density at radius 3 is 2.61 bits per heavy atom. The molecule has 3 aliphatic rings. The van der Waals surface area contributed by atoms with Crippen LogP contribution < -0.4 is 5.32 Å². The van der Waals surface area contributed by atoms with Crippen LogP contribution in [0.15, 0.2) is 24.3 Å². The molecular formula is C24H29NO8. The highest BCUT2D eigenvalue weighted by Gasteiger charge is 2.63. The molecule has 9 heteroatoms. The van der Waals surface area contributed by atoms with Crippen LogP contribution in [0.2, 0.25) is 0 Å². The molecule has 6 N–H and O–H groups in total. The minimum atomic E-state index is -1.41. The number of nitrogens with one attached hydrogen (secondary N) is 1. The van der Waals surface area contributed by atoms with Gasteiger partial charge in [0.1, 0.15) is 17.0 Å². The fraction of sp³-hybridized carbons (Fsp3) is 0.542. The van der Waals surface area contributed by atoms with E-state index in [0.29, 0.717) is 25.7 Å². The van der Waals surface area contributed by atoms with Crippen molar-refractivity contribution in [3.63, 3.8) is 0 Å². The molecule has 2 saturated carbocycles. The van der Waals surface area contributed by atoms with Gasteiger partial charge in [0.25, 0.3) is 0 Å². The maximum absolute atomic E-state index is 13.0. The Balaban J connectivity index is 1.52. The van der Waals surface area contributed by atoms with E-state index >= 15 is 0 Å². The summed E-state index contributed by atoms with van der Waals surface area (Å²) in [5.74, 6) is -3.42. The van der Waals surface area contributed by atoms with Crippen molar-refractivity contribution in [2.75, 3.05) is 11.9 Å². The maximum Gasteiger partial charge on any atom is 0.339 e. The number of benzene rings is 1. The Kier molecular flexibility index (Phi) is 5.53. The number of aliphatic hydroxyl groups excluding tert-OH is 1. The van der Waals surface area contributed by atoms with Gasteiger partial charge in [0.2, 0.25) is 5.91 Å². The summed E-state index contributed by atoms with van der Waals surface area (Å²) in [7, 11) is 0. The van der Waals surface area contributed by atoms with Crippen LogP contribution in [0.25, 0.3) is 0 Å². The standard InChI is InChI=1S/C24H29NO8/c1-22(8-7-18(29)25-19-15(27)4-3-14(20(19)30)21(31)32)16-5-2-13-10-23(16,9-6-17(22)28)11-24(13,33)12-26/h3-4,6,9,13,16,26-27,30,33H,2,5,7-8,10-12H2,1H3,(H,25,29)(H,31,32)/t13?,16?,22-,23-,24+/m0/s1. The Labute approximate surface area is 190 Å². The zero-order chi connectivity index (χ0) is 24.2. The number of carboxylic acid groups (broad SMARTS) is 1. The van der Waals surface area contributed by atoms with E-state index in [1.807, 2.05) is 13.0 Å². The molecule has 33 heavy (non-hydrogen) atoms. The lowest BCUT2D eigenvalue weighted by Crippen LogP contribution is -2.48. The van der Waals surface area contributed by atoms with Crippen molar-refractivity contribution in [1.82, 2.24) is 0 Å². The number of aliphatic hydroxyl groups is 2. The van der Waals surface area contributed by atoms with Crippen LogP contribution in [-0.4, -0.2) is 55.4 Å². The highest BCUT2D eigenvalue weighted by molar-refractivity contribution is 6.00. The van der Waals surface area contributed by atoms with E-state index in [9.17, 15) is 34.8 Å². The third-order valence-electron chi connectivity index (χ3n) is 8.21. The number of hydrogen-bond acceptors (Lipinski definition) is 7. The molecular weight excluding hydrogens is 430 g/mol. The van der Waals surface area contributed by atoms with Crippen LogP contribution in [0.1, 0.15) is 55.8 Å². The predicted molar refractivity (Wildman–Crippen MR) is 117 cm³/mol. The predicted octanol–water partition coefficient (Wildman–Crippen LogP) is 2.19. The van der Waals surface area contributed by atoms with Crippen LogP contribution in [0.3, 0.4) is 0 Å². The number of anilines is 1.